The summed E-state index contributed by atoms with van der Waals surface area (Å²) in [5.74, 6) is -58.5. The third-order valence-electron chi connectivity index (χ3n) is 3.68. The van der Waals surface area contributed by atoms with E-state index in [9.17, 15) is 79.4 Å². The van der Waals surface area contributed by atoms with Gasteiger partial charge >= 0.3 is 53.6 Å². The highest BCUT2D eigenvalue weighted by Crippen LogP contribution is 2.64. The van der Waals surface area contributed by atoms with E-state index >= 15 is 0 Å². The van der Waals surface area contributed by atoms with Crippen LogP contribution in [0.5, 0.6) is 0 Å². The highest BCUT2D eigenvalue weighted by molar-refractivity contribution is 5.68. The third-order valence-corrected chi connectivity index (χ3v) is 3.68. The average Bonchev–Trinajstić information content (AvgIpc) is 2.56. The predicted molar refractivity (Wildman–Crippen MR) is 65.8 cm³/mol. The molecule has 0 saturated carbocycles. The molecule has 0 amide bonds. The van der Waals surface area contributed by atoms with Gasteiger partial charge in [0.05, 0.1) is 6.54 Å². The smallest absolute Gasteiger partial charge is 0.460 e. The lowest BCUT2D eigenvalue weighted by Gasteiger charge is -2.42. The Morgan fingerprint density at radius 1 is 0.562 bits per heavy atom. The summed E-state index contributed by atoms with van der Waals surface area (Å²) >= 11 is 0. The Morgan fingerprint density at radius 2 is 0.875 bits per heavy atom. The van der Waals surface area contributed by atoms with Crippen molar-refractivity contribution >= 4 is 5.97 Å². The molecule has 0 unspecified atom stereocenters. The fourth-order valence-electron chi connectivity index (χ4n) is 1.79. The average molecular weight is 521 g/mol. The minimum Gasteiger partial charge on any atom is -0.480 e. The molecule has 0 saturated heterocycles. The van der Waals surface area contributed by atoms with Crippen molar-refractivity contribution < 1.29 is 84.5 Å². The van der Waals surface area contributed by atoms with Crippen molar-refractivity contribution in [2.75, 3.05) is 13.1 Å². The largest absolute Gasteiger partial charge is 0.480 e. The molecule has 0 bridgehead atoms. The Hall–Kier alpha value is -1.76. The van der Waals surface area contributed by atoms with Crippen LogP contribution in [0.3, 0.4) is 0 Å². The maximum absolute atomic E-state index is 13.4. The molecule has 0 aromatic rings. The predicted octanol–water partition coefficient (Wildman–Crippen LogP) is 5.06. The van der Waals surface area contributed by atoms with Gasteiger partial charge in [0, 0.05) is 13.0 Å². The topological polar surface area (TPSA) is 49.3 Å². The molecule has 32 heavy (non-hydrogen) atoms. The molecule has 192 valence electrons. The van der Waals surface area contributed by atoms with Crippen molar-refractivity contribution in [3.05, 3.63) is 0 Å². The van der Waals surface area contributed by atoms with Crippen molar-refractivity contribution in [3.8, 4) is 0 Å². The van der Waals surface area contributed by atoms with Gasteiger partial charge in [0.25, 0.3) is 0 Å². The highest BCUT2D eigenvalue weighted by Gasteiger charge is 2.95. The van der Waals surface area contributed by atoms with Crippen molar-refractivity contribution in [2.24, 2.45) is 0 Å². The van der Waals surface area contributed by atoms with E-state index in [1.165, 1.54) is 5.32 Å². The van der Waals surface area contributed by atoms with Gasteiger partial charge in [-0.1, -0.05) is 0 Å². The summed E-state index contributed by atoms with van der Waals surface area (Å²) < 4.78 is 220. The molecule has 0 aliphatic rings. The summed E-state index contributed by atoms with van der Waals surface area (Å²) in [7, 11) is 0. The van der Waals surface area contributed by atoms with Crippen LogP contribution in [0.1, 0.15) is 6.42 Å². The molecular weight excluding hydrogens is 513 g/mol. The molecule has 0 fully saturated rings. The standard InChI is InChI=1S/C12H8F17NO2/c13-5(14,1-2-30-3-4(31)32)6(15,16)7(17,18)8(19,20)9(21,22)10(23,24)11(25,26)12(27,28)29/h30H,1-3H2,(H,31,32). The van der Waals surface area contributed by atoms with Crippen LogP contribution in [-0.4, -0.2) is 71.8 Å². The zero-order chi connectivity index (χ0) is 26.4. The fourth-order valence-corrected chi connectivity index (χ4v) is 1.79. The lowest BCUT2D eigenvalue weighted by Crippen LogP contribution is -2.74. The molecule has 2 N–H and O–H groups in total. The maximum Gasteiger partial charge on any atom is 0.460 e. The lowest BCUT2D eigenvalue weighted by atomic mass is 9.88. The summed E-state index contributed by atoms with van der Waals surface area (Å²) in [6, 6.07) is 0. The molecule has 0 rings (SSSR count). The van der Waals surface area contributed by atoms with Gasteiger partial charge in [0.2, 0.25) is 0 Å². The van der Waals surface area contributed by atoms with Crippen LogP contribution >= 0.6 is 0 Å². The molecular formula is C12H8F17NO2. The van der Waals surface area contributed by atoms with Gasteiger partial charge in [0.1, 0.15) is 0 Å². The van der Waals surface area contributed by atoms with Gasteiger partial charge < -0.3 is 10.4 Å². The Labute approximate surface area is 164 Å². The second-order valence-corrected chi connectivity index (χ2v) is 5.97. The summed E-state index contributed by atoms with van der Waals surface area (Å²) in [5, 5.41) is 9.47. The van der Waals surface area contributed by atoms with Crippen LogP contribution < -0.4 is 5.32 Å². The second-order valence-electron chi connectivity index (χ2n) is 5.97. The number of hydrogen-bond donors (Lipinski definition) is 2. The van der Waals surface area contributed by atoms with Crippen molar-refractivity contribution in [3.63, 3.8) is 0 Å². The molecule has 0 aliphatic heterocycles. The lowest BCUT2D eigenvalue weighted by molar-refractivity contribution is -0.461. The normalized spacial score (nSPS) is 15.8. The second kappa shape index (κ2) is 8.23. The van der Waals surface area contributed by atoms with Crippen molar-refractivity contribution in [2.45, 2.75) is 54.1 Å². The Balaban J connectivity index is 6.33. The quantitative estimate of drug-likeness (QED) is 0.296. The first-order valence-electron chi connectivity index (χ1n) is 7.30. The third kappa shape index (κ3) is 4.37. The van der Waals surface area contributed by atoms with Crippen LogP contribution in [0.2, 0.25) is 0 Å². The van der Waals surface area contributed by atoms with E-state index in [0.29, 0.717) is 0 Å². The highest BCUT2D eigenvalue weighted by atomic mass is 19.4. The van der Waals surface area contributed by atoms with E-state index in [1.54, 1.807) is 0 Å². The van der Waals surface area contributed by atoms with Crippen LogP contribution in [-0.2, 0) is 4.79 Å². The number of halogens is 17. The monoisotopic (exact) mass is 521 g/mol. The molecule has 0 aromatic heterocycles. The van der Waals surface area contributed by atoms with Gasteiger partial charge in [-0.05, 0) is 0 Å². The van der Waals surface area contributed by atoms with Crippen LogP contribution in [0.25, 0.3) is 0 Å². The van der Waals surface area contributed by atoms with Crippen LogP contribution in [0.4, 0.5) is 74.6 Å². The molecule has 0 heterocycles. The molecule has 0 aliphatic carbocycles. The molecule has 0 radical (unpaired) electrons. The summed E-state index contributed by atoms with van der Waals surface area (Å²) in [6.07, 6.45) is -10.5. The summed E-state index contributed by atoms with van der Waals surface area (Å²) in [4.78, 5) is 10.1. The minimum atomic E-state index is -8.66. The first kappa shape index (κ1) is 30.2. The number of carboxylic acids is 1. The number of carbonyl (C=O) groups is 1. The van der Waals surface area contributed by atoms with Gasteiger partial charge in [-0.2, -0.15) is 74.6 Å². The molecule has 0 aromatic carbocycles. The summed E-state index contributed by atoms with van der Waals surface area (Å²) in [5.41, 5.74) is 0. The van der Waals surface area contributed by atoms with E-state index in [2.05, 4.69) is 0 Å². The zero-order valence-electron chi connectivity index (χ0n) is 14.4. The van der Waals surface area contributed by atoms with Crippen molar-refractivity contribution in [1.29, 1.82) is 0 Å². The van der Waals surface area contributed by atoms with E-state index in [1.807, 2.05) is 0 Å². The van der Waals surface area contributed by atoms with Gasteiger partial charge in [-0.15, -0.1) is 0 Å². The minimum absolute atomic E-state index is 1.30. The van der Waals surface area contributed by atoms with Crippen molar-refractivity contribution in [1.82, 2.24) is 5.32 Å². The van der Waals surface area contributed by atoms with Crippen LogP contribution in [0.15, 0.2) is 0 Å². The van der Waals surface area contributed by atoms with E-state index < -0.39 is 73.1 Å². The molecule has 0 atom stereocenters. The molecule has 20 heteroatoms. The van der Waals surface area contributed by atoms with Gasteiger partial charge in [-0.25, -0.2) is 0 Å². The van der Waals surface area contributed by atoms with E-state index in [4.69, 9.17) is 5.11 Å². The molecule has 3 nitrogen and oxygen atoms in total. The number of alkyl halides is 17. The fraction of sp³-hybridized carbons (Fsp3) is 0.917. The van der Waals surface area contributed by atoms with Gasteiger partial charge in [0.15, 0.2) is 0 Å². The van der Waals surface area contributed by atoms with Crippen LogP contribution in [0, 0.1) is 0 Å². The Bertz CT molecular complexity index is 684. The molecule has 0 spiro atoms. The number of rotatable bonds is 11. The number of carboxylic acid groups (broad SMARTS) is 1. The Kier molecular flexibility index (Phi) is 7.77. The SMILES string of the molecule is O=C(O)CNCCC(F)(F)C(F)(F)C(F)(F)C(F)(F)C(F)(F)C(F)(F)C(F)(F)C(F)(F)F. The number of aliphatic carboxylic acids is 1. The maximum atomic E-state index is 13.4. The van der Waals surface area contributed by atoms with Gasteiger partial charge in [-0.3, -0.25) is 4.79 Å². The number of hydrogen-bond acceptors (Lipinski definition) is 2. The van der Waals surface area contributed by atoms with E-state index in [-0.39, 0.29) is 0 Å². The first-order chi connectivity index (χ1) is 13.7. The number of nitrogens with one attached hydrogen (secondary N) is 1. The summed E-state index contributed by atoms with van der Waals surface area (Å²) in [6.45, 7) is -3.00. The first-order valence-corrected chi connectivity index (χ1v) is 7.30. The van der Waals surface area contributed by atoms with E-state index in [0.717, 1.165) is 0 Å². The Morgan fingerprint density at radius 3 is 1.19 bits per heavy atom. The zero-order valence-corrected chi connectivity index (χ0v) is 14.4.